The zero-order valence-electron chi connectivity index (χ0n) is 14.9. The third-order valence-electron chi connectivity index (χ3n) is 3.77. The predicted octanol–water partition coefficient (Wildman–Crippen LogP) is 2.71. The number of likely N-dealkylation sites (N-methyl/N-ethyl adjacent to an activating group) is 1. The summed E-state index contributed by atoms with van der Waals surface area (Å²) in [6, 6.07) is 16.7. The number of rotatable bonds is 9. The summed E-state index contributed by atoms with van der Waals surface area (Å²) in [5.41, 5.74) is 1.94. The number of carboxylic acid groups (broad SMARTS) is 1. The number of ether oxygens (including phenoxy) is 2. The zero-order valence-corrected chi connectivity index (χ0v) is 14.9. The summed E-state index contributed by atoms with van der Waals surface area (Å²) in [5.74, 6) is -0.652. The molecule has 0 aliphatic carbocycles. The molecule has 2 rings (SSSR count). The molecule has 2 aromatic carbocycles. The van der Waals surface area contributed by atoms with E-state index in [0.29, 0.717) is 18.9 Å². The second-order valence-corrected chi connectivity index (χ2v) is 5.96. The number of amides is 1. The van der Waals surface area contributed by atoms with Crippen LogP contribution in [-0.2, 0) is 27.5 Å². The Morgan fingerprint density at radius 1 is 1.04 bits per heavy atom. The molecule has 1 atom stereocenters. The largest absolute Gasteiger partial charge is 0.482 e. The molecule has 1 unspecified atom stereocenters. The van der Waals surface area contributed by atoms with Gasteiger partial charge in [-0.2, -0.15) is 0 Å². The number of carbonyl (C=O) groups is 2. The SMILES string of the molecule is CC(OCc1ccccc1)C(=O)N(C)Cc1ccc(OCC(=O)O)cc1. The molecule has 0 aromatic heterocycles. The summed E-state index contributed by atoms with van der Waals surface area (Å²) in [7, 11) is 1.72. The summed E-state index contributed by atoms with van der Waals surface area (Å²) in [6.45, 7) is 2.17. The van der Waals surface area contributed by atoms with Crippen LogP contribution in [0.4, 0.5) is 0 Å². The van der Waals surface area contributed by atoms with E-state index in [9.17, 15) is 9.59 Å². The average molecular weight is 357 g/mol. The van der Waals surface area contributed by atoms with E-state index in [-0.39, 0.29) is 12.5 Å². The van der Waals surface area contributed by atoms with E-state index < -0.39 is 12.1 Å². The van der Waals surface area contributed by atoms with Crippen molar-refractivity contribution in [2.75, 3.05) is 13.7 Å². The minimum absolute atomic E-state index is 0.105. The van der Waals surface area contributed by atoms with E-state index in [1.165, 1.54) is 0 Å². The fraction of sp³-hybridized carbons (Fsp3) is 0.300. The van der Waals surface area contributed by atoms with Crippen molar-refractivity contribution in [1.82, 2.24) is 4.90 Å². The van der Waals surface area contributed by atoms with Gasteiger partial charge in [0.1, 0.15) is 11.9 Å². The predicted molar refractivity (Wildman–Crippen MR) is 96.7 cm³/mol. The molecule has 2 aromatic rings. The second-order valence-electron chi connectivity index (χ2n) is 5.96. The van der Waals surface area contributed by atoms with Crippen molar-refractivity contribution in [2.45, 2.75) is 26.2 Å². The number of carbonyl (C=O) groups excluding carboxylic acids is 1. The standard InChI is InChI=1S/C20H23NO5/c1-15(25-13-17-6-4-3-5-7-17)20(24)21(2)12-16-8-10-18(11-9-16)26-14-19(22)23/h3-11,15H,12-14H2,1-2H3,(H,22,23). The van der Waals surface area contributed by atoms with Crippen LogP contribution in [0.1, 0.15) is 18.1 Å². The maximum Gasteiger partial charge on any atom is 0.341 e. The first kappa shape index (κ1) is 19.5. The minimum atomic E-state index is -1.02. The maximum absolute atomic E-state index is 12.4. The lowest BCUT2D eigenvalue weighted by Gasteiger charge is -2.22. The molecule has 0 bridgehead atoms. The lowest BCUT2D eigenvalue weighted by Crippen LogP contribution is -2.35. The summed E-state index contributed by atoms with van der Waals surface area (Å²) in [6.07, 6.45) is -0.543. The van der Waals surface area contributed by atoms with Gasteiger partial charge < -0.3 is 19.5 Å². The molecule has 0 radical (unpaired) electrons. The fourth-order valence-electron chi connectivity index (χ4n) is 2.37. The molecule has 6 heteroatoms. The molecule has 26 heavy (non-hydrogen) atoms. The van der Waals surface area contributed by atoms with Crippen molar-refractivity contribution in [2.24, 2.45) is 0 Å². The number of aliphatic carboxylic acids is 1. The topological polar surface area (TPSA) is 76.1 Å². The molecule has 6 nitrogen and oxygen atoms in total. The molecule has 1 N–H and O–H groups in total. The van der Waals surface area contributed by atoms with Gasteiger partial charge in [0.2, 0.25) is 0 Å². The first-order valence-electron chi connectivity index (χ1n) is 8.29. The van der Waals surface area contributed by atoms with Gasteiger partial charge in [0, 0.05) is 13.6 Å². The van der Waals surface area contributed by atoms with Gasteiger partial charge in [-0.1, -0.05) is 42.5 Å². The minimum Gasteiger partial charge on any atom is -0.482 e. The highest BCUT2D eigenvalue weighted by molar-refractivity contribution is 5.80. The maximum atomic E-state index is 12.4. The highest BCUT2D eigenvalue weighted by atomic mass is 16.5. The van der Waals surface area contributed by atoms with Crippen molar-refractivity contribution in [3.05, 3.63) is 65.7 Å². The Balaban J connectivity index is 1.82. The molecule has 0 aliphatic heterocycles. The van der Waals surface area contributed by atoms with Crippen LogP contribution in [0.25, 0.3) is 0 Å². The highest BCUT2D eigenvalue weighted by Crippen LogP contribution is 2.14. The average Bonchev–Trinajstić information content (AvgIpc) is 2.65. The summed E-state index contributed by atoms with van der Waals surface area (Å²) in [5, 5.41) is 8.60. The number of carboxylic acids is 1. The van der Waals surface area contributed by atoms with Crippen molar-refractivity contribution in [3.63, 3.8) is 0 Å². The Labute approximate surface area is 153 Å². The summed E-state index contributed by atoms with van der Waals surface area (Å²) in [4.78, 5) is 24.5. The molecule has 0 fully saturated rings. The molecule has 0 spiro atoms. The van der Waals surface area contributed by atoms with Crippen LogP contribution in [0.2, 0.25) is 0 Å². The molecule has 0 aliphatic rings. The van der Waals surface area contributed by atoms with Crippen molar-refractivity contribution >= 4 is 11.9 Å². The Kier molecular flexibility index (Phi) is 7.17. The monoisotopic (exact) mass is 357 g/mol. The van der Waals surface area contributed by atoms with E-state index in [4.69, 9.17) is 14.6 Å². The molecule has 138 valence electrons. The Bertz CT molecular complexity index is 715. The molecule has 0 saturated carbocycles. The molecule has 1 amide bonds. The van der Waals surface area contributed by atoms with Crippen molar-refractivity contribution in [1.29, 1.82) is 0 Å². The van der Waals surface area contributed by atoms with E-state index >= 15 is 0 Å². The van der Waals surface area contributed by atoms with Gasteiger partial charge in [-0.3, -0.25) is 4.79 Å². The normalized spacial score (nSPS) is 11.6. The van der Waals surface area contributed by atoms with E-state index in [1.807, 2.05) is 30.3 Å². The van der Waals surface area contributed by atoms with Crippen LogP contribution >= 0.6 is 0 Å². The quantitative estimate of drug-likeness (QED) is 0.747. The number of benzene rings is 2. The third-order valence-corrected chi connectivity index (χ3v) is 3.77. The van der Waals surface area contributed by atoms with Crippen LogP contribution in [0.3, 0.4) is 0 Å². The Hall–Kier alpha value is -2.86. The van der Waals surface area contributed by atoms with E-state index in [0.717, 1.165) is 11.1 Å². The van der Waals surface area contributed by atoms with Gasteiger partial charge >= 0.3 is 5.97 Å². The van der Waals surface area contributed by atoms with Gasteiger partial charge in [0.25, 0.3) is 5.91 Å². The smallest absolute Gasteiger partial charge is 0.341 e. The summed E-state index contributed by atoms with van der Waals surface area (Å²) >= 11 is 0. The fourth-order valence-corrected chi connectivity index (χ4v) is 2.37. The van der Waals surface area contributed by atoms with Crippen LogP contribution in [0.5, 0.6) is 5.75 Å². The van der Waals surface area contributed by atoms with Gasteiger partial charge in [-0.05, 0) is 30.2 Å². The zero-order chi connectivity index (χ0) is 18.9. The Morgan fingerprint density at radius 3 is 2.31 bits per heavy atom. The van der Waals surface area contributed by atoms with Crippen LogP contribution in [0.15, 0.2) is 54.6 Å². The lowest BCUT2D eigenvalue weighted by atomic mass is 10.2. The van der Waals surface area contributed by atoms with Gasteiger partial charge in [0.15, 0.2) is 6.61 Å². The number of hydrogen-bond donors (Lipinski definition) is 1. The molecule has 0 saturated heterocycles. The van der Waals surface area contributed by atoms with Gasteiger partial charge in [-0.25, -0.2) is 4.79 Å². The van der Waals surface area contributed by atoms with Crippen LogP contribution < -0.4 is 4.74 Å². The highest BCUT2D eigenvalue weighted by Gasteiger charge is 2.18. The lowest BCUT2D eigenvalue weighted by molar-refractivity contribution is -0.142. The third kappa shape index (κ3) is 6.22. The van der Waals surface area contributed by atoms with Crippen molar-refractivity contribution < 1.29 is 24.2 Å². The van der Waals surface area contributed by atoms with Crippen molar-refractivity contribution in [3.8, 4) is 5.75 Å². The first-order chi connectivity index (χ1) is 12.5. The van der Waals surface area contributed by atoms with E-state index in [1.54, 1.807) is 43.1 Å². The van der Waals surface area contributed by atoms with Gasteiger partial charge in [0.05, 0.1) is 6.61 Å². The summed E-state index contributed by atoms with van der Waals surface area (Å²) < 4.78 is 10.7. The molecule has 0 heterocycles. The molecular weight excluding hydrogens is 334 g/mol. The first-order valence-corrected chi connectivity index (χ1v) is 8.29. The van der Waals surface area contributed by atoms with Gasteiger partial charge in [-0.15, -0.1) is 0 Å². The number of nitrogens with zero attached hydrogens (tertiary/aromatic N) is 1. The second kappa shape index (κ2) is 9.58. The van der Waals surface area contributed by atoms with E-state index in [2.05, 4.69) is 0 Å². The molecular formula is C20H23NO5. The number of hydrogen-bond acceptors (Lipinski definition) is 4. The van der Waals surface area contributed by atoms with Crippen LogP contribution in [0, 0.1) is 0 Å². The van der Waals surface area contributed by atoms with Crippen LogP contribution in [-0.4, -0.2) is 41.6 Å². The Morgan fingerprint density at radius 2 is 1.69 bits per heavy atom.